The van der Waals surface area contributed by atoms with Gasteiger partial charge in [0.2, 0.25) is 21.8 Å². The molecule has 16 heteroatoms. The summed E-state index contributed by atoms with van der Waals surface area (Å²) in [4.78, 5) is 75.0. The van der Waals surface area contributed by atoms with Gasteiger partial charge in [-0.05, 0) is 75.6 Å². The van der Waals surface area contributed by atoms with Crippen LogP contribution < -0.4 is 30.7 Å². The Balaban J connectivity index is 1.19. The molecule has 7 rings (SSSR count). The highest BCUT2D eigenvalue weighted by molar-refractivity contribution is 7.91. The van der Waals surface area contributed by atoms with Crippen LogP contribution in [0.2, 0.25) is 0 Å². The summed E-state index contributed by atoms with van der Waals surface area (Å²) in [5, 5.41) is 10.8. The Labute approximate surface area is 308 Å². The fraction of sp³-hybridized carbons (Fsp3) is 0.514. The van der Waals surface area contributed by atoms with Gasteiger partial charge in [0.15, 0.2) is 0 Å². The second-order valence-electron chi connectivity index (χ2n) is 14.5. The summed E-state index contributed by atoms with van der Waals surface area (Å²) in [5.41, 5.74) is -0.0917. The van der Waals surface area contributed by atoms with E-state index in [-0.39, 0.29) is 31.6 Å². The number of amides is 6. The molecule has 1 unspecified atom stereocenters. The summed E-state index contributed by atoms with van der Waals surface area (Å²) in [6.07, 6.45) is 8.60. The summed E-state index contributed by atoms with van der Waals surface area (Å²) in [5.74, 6) is -2.29. The van der Waals surface area contributed by atoms with E-state index in [2.05, 4.69) is 31.0 Å². The van der Waals surface area contributed by atoms with Crippen LogP contribution in [0.4, 0.5) is 4.79 Å². The zero-order valence-electron chi connectivity index (χ0n) is 29.3. The molecule has 5 N–H and O–H groups in total. The molecule has 2 aromatic rings. The van der Waals surface area contributed by atoms with Crippen molar-refractivity contribution in [2.24, 2.45) is 5.92 Å². The van der Waals surface area contributed by atoms with Crippen molar-refractivity contribution in [1.29, 1.82) is 0 Å². The number of hydrogen-bond acceptors (Lipinski definition) is 9. The van der Waals surface area contributed by atoms with Crippen LogP contribution >= 0.6 is 0 Å². The van der Waals surface area contributed by atoms with E-state index in [0.717, 1.165) is 18.4 Å². The third kappa shape index (κ3) is 8.32. The molecule has 282 valence electrons. The highest BCUT2D eigenvalue weighted by Crippen LogP contribution is 2.46. The molecule has 1 aromatic carbocycles. The third-order valence-corrected chi connectivity index (χ3v) is 12.3. The van der Waals surface area contributed by atoms with Crippen LogP contribution in [0.25, 0.3) is 11.3 Å². The standard InChI is InChI=1S/C37H45N7O8S/c45-32-29-14-7-13-28(40-29)23-9-6-11-26(19-23)52-18-8-17-38-36(49)41-30-12-5-3-1-2-4-10-24-21-37(24,35(48)43-53(50,51)27-15-16-27)42-33(46)31-20-25(39-32)22-44(31)34(30)47/h4,6-7,9-11,13-14,19,24-25,27,30-31H,1-3,5,8,12,15-18,20-22H2,(H,39,45)(H,42,46)(H,43,48)(H2,38,41,49)/b10-4-/t24-,25-,30+,31+,37?/m1/s1. The largest absolute Gasteiger partial charge is 0.494 e. The Hall–Kier alpha value is -4.99. The van der Waals surface area contributed by atoms with Gasteiger partial charge < -0.3 is 30.9 Å². The van der Waals surface area contributed by atoms with Crippen molar-refractivity contribution < 1.29 is 37.1 Å². The van der Waals surface area contributed by atoms with Crippen LogP contribution in [-0.2, 0) is 24.4 Å². The van der Waals surface area contributed by atoms with Crippen molar-refractivity contribution >= 4 is 39.7 Å². The minimum absolute atomic E-state index is 0.0138. The fourth-order valence-corrected chi connectivity index (χ4v) is 8.67. The molecule has 3 aliphatic heterocycles. The maximum atomic E-state index is 14.4. The van der Waals surface area contributed by atoms with Gasteiger partial charge in [0.25, 0.3) is 11.8 Å². The first-order valence-electron chi connectivity index (χ1n) is 18.4. The molecule has 0 radical (unpaired) electrons. The van der Waals surface area contributed by atoms with Crippen molar-refractivity contribution in [2.45, 2.75) is 93.1 Å². The summed E-state index contributed by atoms with van der Waals surface area (Å²) in [6.45, 7) is 0.558. The smallest absolute Gasteiger partial charge is 0.315 e. The lowest BCUT2D eigenvalue weighted by Gasteiger charge is -2.30. The van der Waals surface area contributed by atoms with E-state index < -0.39 is 74.5 Å². The number of urea groups is 1. The van der Waals surface area contributed by atoms with Crippen LogP contribution in [0.1, 0.15) is 74.7 Å². The lowest BCUT2D eigenvalue weighted by atomic mass is 10.0. The molecular formula is C37H45N7O8S. The van der Waals surface area contributed by atoms with Crippen molar-refractivity contribution in [3.05, 3.63) is 60.3 Å². The van der Waals surface area contributed by atoms with Gasteiger partial charge in [-0.15, -0.1) is 0 Å². The van der Waals surface area contributed by atoms with E-state index >= 15 is 0 Å². The summed E-state index contributed by atoms with van der Waals surface area (Å²) in [7, 11) is -3.90. The molecule has 4 heterocycles. The number of nitrogens with one attached hydrogen (secondary N) is 5. The van der Waals surface area contributed by atoms with Gasteiger partial charge in [-0.2, -0.15) is 0 Å². The summed E-state index contributed by atoms with van der Waals surface area (Å²) < 4.78 is 33.7. The topological polar surface area (TPSA) is 205 Å². The Kier molecular flexibility index (Phi) is 10.4. The van der Waals surface area contributed by atoms with Crippen LogP contribution in [-0.4, -0.2) is 96.6 Å². The number of carbonyl (C=O) groups excluding carboxylic acids is 5. The number of hydrogen-bond donors (Lipinski definition) is 5. The van der Waals surface area contributed by atoms with Gasteiger partial charge in [-0.25, -0.2) is 18.2 Å². The van der Waals surface area contributed by atoms with E-state index in [1.807, 2.05) is 36.4 Å². The lowest BCUT2D eigenvalue weighted by molar-refractivity contribution is -0.141. The minimum atomic E-state index is -3.90. The molecule has 5 aliphatic rings. The van der Waals surface area contributed by atoms with Gasteiger partial charge in [0.05, 0.1) is 17.6 Å². The third-order valence-electron chi connectivity index (χ3n) is 10.5. The molecule has 53 heavy (non-hydrogen) atoms. The number of pyridine rings is 1. The Morgan fingerprint density at radius 1 is 0.962 bits per heavy atom. The SMILES string of the molecule is O=C1NCCCOc2cccc(c2)-c2cccc(n2)C(=O)N[C@@H]2C[C@H]3C(=O)NC4(C(=O)NS(=O)(=O)C5CC5)C[C@H]4/C=C\CCCCC[C@H](N1)C(=O)N3C2. The van der Waals surface area contributed by atoms with Crippen molar-refractivity contribution in [2.75, 3.05) is 19.7 Å². The second kappa shape index (κ2) is 15.2. The van der Waals surface area contributed by atoms with Gasteiger partial charge in [0.1, 0.15) is 29.1 Å². The number of sulfonamides is 1. The number of carbonyl (C=O) groups is 5. The average molecular weight is 748 g/mol. The molecular weight excluding hydrogens is 703 g/mol. The predicted octanol–water partition coefficient (Wildman–Crippen LogP) is 1.90. The summed E-state index contributed by atoms with van der Waals surface area (Å²) >= 11 is 0. The van der Waals surface area contributed by atoms with Crippen LogP contribution in [0.3, 0.4) is 0 Å². The molecule has 15 nitrogen and oxygen atoms in total. The lowest BCUT2D eigenvalue weighted by Crippen LogP contribution is -2.58. The quantitative estimate of drug-likeness (QED) is 0.291. The number of benzene rings is 1. The van der Waals surface area contributed by atoms with Crippen LogP contribution in [0.15, 0.2) is 54.6 Å². The molecule has 5 atom stereocenters. The summed E-state index contributed by atoms with van der Waals surface area (Å²) in [6, 6.07) is 9.07. The van der Waals surface area contributed by atoms with Gasteiger partial charge in [-0.3, -0.25) is 23.9 Å². The average Bonchev–Trinajstić information content (AvgIpc) is 4.07. The van der Waals surface area contributed by atoms with E-state index in [4.69, 9.17) is 4.74 Å². The highest BCUT2D eigenvalue weighted by Gasteiger charge is 2.62. The van der Waals surface area contributed by atoms with Crippen molar-refractivity contribution in [3.8, 4) is 17.0 Å². The molecule has 1 saturated heterocycles. The first-order valence-corrected chi connectivity index (χ1v) is 20.0. The molecule has 7 bridgehead atoms. The molecule has 6 amide bonds. The number of ether oxygens (including phenoxy) is 1. The number of fused-ring (bicyclic) bond motifs is 8. The maximum Gasteiger partial charge on any atom is 0.315 e. The van der Waals surface area contributed by atoms with Gasteiger partial charge >= 0.3 is 6.03 Å². The number of aromatic nitrogens is 1. The zero-order valence-corrected chi connectivity index (χ0v) is 30.2. The predicted molar refractivity (Wildman–Crippen MR) is 193 cm³/mol. The molecule has 2 saturated carbocycles. The first-order chi connectivity index (χ1) is 25.5. The van der Waals surface area contributed by atoms with E-state index in [1.165, 1.54) is 4.90 Å². The molecule has 0 spiro atoms. The fourth-order valence-electron chi connectivity index (χ4n) is 7.30. The van der Waals surface area contributed by atoms with Crippen molar-refractivity contribution in [1.82, 2.24) is 35.9 Å². The zero-order chi connectivity index (χ0) is 37.2. The van der Waals surface area contributed by atoms with Crippen molar-refractivity contribution in [3.63, 3.8) is 0 Å². The Morgan fingerprint density at radius 2 is 1.77 bits per heavy atom. The van der Waals surface area contributed by atoms with Gasteiger partial charge in [-0.1, -0.05) is 43.2 Å². The van der Waals surface area contributed by atoms with E-state index in [1.54, 1.807) is 18.2 Å². The van der Waals surface area contributed by atoms with E-state index in [0.29, 0.717) is 56.6 Å². The van der Waals surface area contributed by atoms with Crippen LogP contribution in [0.5, 0.6) is 5.75 Å². The Morgan fingerprint density at radius 3 is 2.60 bits per heavy atom. The van der Waals surface area contributed by atoms with E-state index in [9.17, 15) is 32.4 Å². The van der Waals surface area contributed by atoms with Crippen LogP contribution in [0, 0.1) is 5.92 Å². The monoisotopic (exact) mass is 747 g/mol. The Bertz CT molecular complexity index is 1920. The minimum Gasteiger partial charge on any atom is -0.494 e. The molecule has 1 aromatic heterocycles. The molecule has 2 aliphatic carbocycles. The highest BCUT2D eigenvalue weighted by atomic mass is 32.2. The maximum absolute atomic E-state index is 14.4. The number of nitrogens with zero attached hydrogens (tertiary/aromatic N) is 2. The van der Waals surface area contributed by atoms with Gasteiger partial charge in [0, 0.05) is 30.6 Å². The number of rotatable bonds is 3. The first kappa shape index (κ1) is 36.4. The normalized spacial score (nSPS) is 29.0. The number of allylic oxidation sites excluding steroid dienone is 1. The second-order valence-corrected chi connectivity index (χ2v) is 16.5. The molecule has 3 fully saturated rings.